The Balaban J connectivity index is 1.40. The summed E-state index contributed by atoms with van der Waals surface area (Å²) in [6.45, 7) is 1.87. The van der Waals surface area contributed by atoms with Gasteiger partial charge in [0.25, 0.3) is 0 Å². The van der Waals surface area contributed by atoms with Crippen LogP contribution in [0.3, 0.4) is 0 Å². The molecule has 2 fully saturated rings. The van der Waals surface area contributed by atoms with E-state index in [2.05, 4.69) is 54.4 Å². The smallest absolute Gasteiger partial charge is 0.222 e. The van der Waals surface area contributed by atoms with Crippen LogP contribution < -0.4 is 4.74 Å². The van der Waals surface area contributed by atoms with Gasteiger partial charge in [0, 0.05) is 37.4 Å². The zero-order chi connectivity index (χ0) is 24.8. The average molecular weight is 479 g/mol. The Morgan fingerprint density at radius 2 is 1.94 bits per heavy atom. The Kier molecular flexibility index (Phi) is 8.51. The van der Waals surface area contributed by atoms with Crippen molar-refractivity contribution in [3.05, 3.63) is 65.7 Å². The molecule has 1 unspecified atom stereocenters. The largest absolute Gasteiger partial charge is 0.497 e. The second kappa shape index (κ2) is 11.6. The molecule has 190 valence electrons. The number of aryl methyl sites for hydroxylation is 1. The molecule has 1 N–H and O–H groups in total. The van der Waals surface area contributed by atoms with Crippen molar-refractivity contribution < 1.29 is 14.6 Å². The lowest BCUT2D eigenvalue weighted by Crippen LogP contribution is -2.60. The van der Waals surface area contributed by atoms with Gasteiger partial charge in [-0.25, -0.2) is 0 Å². The molecule has 0 radical (unpaired) electrons. The van der Waals surface area contributed by atoms with E-state index in [-0.39, 0.29) is 23.3 Å². The van der Waals surface area contributed by atoms with E-state index in [1.807, 2.05) is 24.1 Å². The monoisotopic (exact) mass is 478 g/mol. The molecular weight excluding hydrogens is 436 g/mol. The summed E-state index contributed by atoms with van der Waals surface area (Å²) in [7, 11) is 5.79. The van der Waals surface area contributed by atoms with Gasteiger partial charge in [0.2, 0.25) is 5.91 Å². The summed E-state index contributed by atoms with van der Waals surface area (Å²) in [5.74, 6) is 1.21. The van der Waals surface area contributed by atoms with Crippen molar-refractivity contribution in [2.75, 3.05) is 34.3 Å². The van der Waals surface area contributed by atoms with Gasteiger partial charge in [-0.05, 0) is 75.4 Å². The lowest BCUT2D eigenvalue weighted by atomic mass is 9.57. The molecule has 0 aromatic heterocycles. The van der Waals surface area contributed by atoms with Crippen molar-refractivity contribution in [2.24, 2.45) is 5.92 Å². The van der Waals surface area contributed by atoms with Crippen LogP contribution in [0.1, 0.15) is 56.1 Å². The third-order valence-electron chi connectivity index (χ3n) is 8.52. The molecule has 1 amide bonds. The number of carbonyl (C=O) groups excluding carboxylic acids is 1. The number of piperidine rings is 1. The number of amides is 1. The highest BCUT2D eigenvalue weighted by Gasteiger charge is 2.52. The van der Waals surface area contributed by atoms with E-state index in [0.717, 1.165) is 57.4 Å². The van der Waals surface area contributed by atoms with Gasteiger partial charge in [-0.1, -0.05) is 48.9 Å². The zero-order valence-corrected chi connectivity index (χ0v) is 21.7. The molecule has 5 heteroatoms. The molecule has 0 bridgehead atoms. The summed E-state index contributed by atoms with van der Waals surface area (Å²) >= 11 is 0. The SMILES string of the molecule is COc1cccc([C@@]23CCN(C)C[C@H]2C(O)C[C@@H](N(C)C(=O)CCCCCc2ccccc2)C3)c1. The molecule has 35 heavy (non-hydrogen) atoms. The summed E-state index contributed by atoms with van der Waals surface area (Å²) < 4.78 is 5.54. The number of rotatable bonds is 9. The highest BCUT2D eigenvalue weighted by Crippen LogP contribution is 2.50. The van der Waals surface area contributed by atoms with Crippen LogP contribution in [-0.4, -0.2) is 67.3 Å². The molecule has 2 aliphatic rings. The van der Waals surface area contributed by atoms with E-state index in [9.17, 15) is 9.90 Å². The van der Waals surface area contributed by atoms with Crippen LogP contribution >= 0.6 is 0 Å². The summed E-state index contributed by atoms with van der Waals surface area (Å²) in [4.78, 5) is 17.4. The Hall–Kier alpha value is -2.37. The molecule has 4 rings (SSSR count). The lowest BCUT2D eigenvalue weighted by molar-refractivity contribution is -0.136. The van der Waals surface area contributed by atoms with Crippen molar-refractivity contribution >= 4 is 5.91 Å². The summed E-state index contributed by atoms with van der Waals surface area (Å²) in [5.41, 5.74) is 2.45. The van der Waals surface area contributed by atoms with Crippen molar-refractivity contribution in [1.29, 1.82) is 0 Å². The maximum atomic E-state index is 13.2. The van der Waals surface area contributed by atoms with Crippen LogP contribution in [0.5, 0.6) is 5.75 Å². The van der Waals surface area contributed by atoms with E-state index >= 15 is 0 Å². The second-order valence-electron chi connectivity index (χ2n) is 10.7. The van der Waals surface area contributed by atoms with E-state index in [4.69, 9.17) is 4.74 Å². The number of fused-ring (bicyclic) bond motifs is 1. The molecule has 1 saturated carbocycles. The molecule has 0 spiro atoms. The molecule has 5 nitrogen and oxygen atoms in total. The highest BCUT2D eigenvalue weighted by molar-refractivity contribution is 5.76. The van der Waals surface area contributed by atoms with Crippen molar-refractivity contribution in [3.8, 4) is 5.75 Å². The highest BCUT2D eigenvalue weighted by atomic mass is 16.5. The van der Waals surface area contributed by atoms with Crippen LogP contribution in [0.15, 0.2) is 54.6 Å². The minimum Gasteiger partial charge on any atom is -0.497 e. The molecule has 1 aliphatic carbocycles. The van der Waals surface area contributed by atoms with E-state index < -0.39 is 6.10 Å². The lowest BCUT2D eigenvalue weighted by Gasteiger charge is -2.55. The quantitative estimate of drug-likeness (QED) is 0.532. The van der Waals surface area contributed by atoms with Gasteiger partial charge < -0.3 is 19.6 Å². The standard InChI is InChI=1S/C30H42N2O3/c1-31-18-17-30(24-14-10-15-26(19-24)35-3)21-25(20-28(33)27(30)22-31)32(2)29(34)16-9-5-8-13-23-11-6-4-7-12-23/h4,6-7,10-12,14-15,19,25,27-28,33H,5,8-9,13,16-18,20-22H2,1-3H3/t25-,27+,28?,30+/m1/s1. The predicted molar refractivity (Wildman–Crippen MR) is 141 cm³/mol. The summed E-state index contributed by atoms with van der Waals surface area (Å²) in [6.07, 6.45) is 6.84. The van der Waals surface area contributed by atoms with Gasteiger partial charge in [0.1, 0.15) is 5.75 Å². The normalized spacial score (nSPS) is 26.7. The number of nitrogens with zero attached hydrogens (tertiary/aromatic N) is 2. The number of hydrogen-bond donors (Lipinski definition) is 1. The average Bonchev–Trinajstić information content (AvgIpc) is 2.89. The number of aliphatic hydroxyl groups is 1. The fraction of sp³-hybridized carbons (Fsp3) is 0.567. The van der Waals surface area contributed by atoms with Gasteiger partial charge in [-0.3, -0.25) is 4.79 Å². The maximum absolute atomic E-state index is 13.2. The maximum Gasteiger partial charge on any atom is 0.222 e. The van der Waals surface area contributed by atoms with E-state index in [1.165, 1.54) is 11.1 Å². The topological polar surface area (TPSA) is 53.0 Å². The van der Waals surface area contributed by atoms with Crippen LogP contribution in [0.2, 0.25) is 0 Å². The van der Waals surface area contributed by atoms with Crippen molar-refractivity contribution in [3.63, 3.8) is 0 Å². The number of hydrogen-bond acceptors (Lipinski definition) is 4. The van der Waals surface area contributed by atoms with E-state index in [1.54, 1.807) is 7.11 Å². The molecule has 1 aliphatic heterocycles. The minimum absolute atomic E-state index is 0.0488. The summed E-state index contributed by atoms with van der Waals surface area (Å²) in [5, 5.41) is 11.3. The van der Waals surface area contributed by atoms with Crippen LogP contribution in [0.25, 0.3) is 0 Å². The van der Waals surface area contributed by atoms with Gasteiger partial charge in [-0.15, -0.1) is 0 Å². The van der Waals surface area contributed by atoms with Gasteiger partial charge in [0.05, 0.1) is 13.2 Å². The summed E-state index contributed by atoms with van der Waals surface area (Å²) in [6, 6.07) is 19.0. The first kappa shape index (κ1) is 25.7. The van der Waals surface area contributed by atoms with Crippen molar-refractivity contribution in [2.45, 2.75) is 68.9 Å². The fourth-order valence-electron chi connectivity index (χ4n) is 6.38. The van der Waals surface area contributed by atoms with E-state index in [0.29, 0.717) is 12.8 Å². The Morgan fingerprint density at radius 1 is 1.14 bits per heavy atom. The third-order valence-corrected chi connectivity index (χ3v) is 8.52. The predicted octanol–water partition coefficient (Wildman–Crippen LogP) is 4.67. The number of likely N-dealkylation sites (tertiary alicyclic amines) is 1. The Bertz CT molecular complexity index is 965. The van der Waals surface area contributed by atoms with Crippen molar-refractivity contribution in [1.82, 2.24) is 9.80 Å². The van der Waals surface area contributed by atoms with Gasteiger partial charge >= 0.3 is 0 Å². The van der Waals surface area contributed by atoms with Gasteiger partial charge in [0.15, 0.2) is 0 Å². The fourth-order valence-corrected chi connectivity index (χ4v) is 6.38. The Morgan fingerprint density at radius 3 is 2.71 bits per heavy atom. The van der Waals surface area contributed by atoms with Crippen LogP contribution in [-0.2, 0) is 16.6 Å². The first-order chi connectivity index (χ1) is 16.9. The first-order valence-electron chi connectivity index (χ1n) is 13.2. The second-order valence-corrected chi connectivity index (χ2v) is 10.7. The number of carbonyl (C=O) groups is 1. The molecule has 1 heterocycles. The number of methoxy groups -OCH3 is 1. The molecular formula is C30H42N2O3. The number of unbranched alkanes of at least 4 members (excludes halogenated alkanes) is 2. The Labute approximate surface area is 211 Å². The molecule has 1 saturated heterocycles. The third kappa shape index (κ3) is 5.90. The first-order valence-corrected chi connectivity index (χ1v) is 13.2. The van der Waals surface area contributed by atoms with Gasteiger partial charge in [-0.2, -0.15) is 0 Å². The number of ether oxygens (including phenoxy) is 1. The number of benzene rings is 2. The molecule has 2 aromatic carbocycles. The van der Waals surface area contributed by atoms with Crippen LogP contribution in [0.4, 0.5) is 0 Å². The zero-order valence-electron chi connectivity index (χ0n) is 21.7. The number of aliphatic hydroxyl groups excluding tert-OH is 1. The molecule has 2 aromatic rings. The minimum atomic E-state index is -0.427. The van der Waals surface area contributed by atoms with Crippen LogP contribution in [0, 0.1) is 5.92 Å². The molecule has 4 atom stereocenters.